The van der Waals surface area contributed by atoms with Crippen LogP contribution in [0.3, 0.4) is 0 Å². The number of sulfonamides is 1. The summed E-state index contributed by atoms with van der Waals surface area (Å²) in [5.41, 5.74) is 0. The average Bonchev–Trinajstić information content (AvgIpc) is 2.71. The molecule has 0 aliphatic carbocycles. The molecule has 0 spiro atoms. The van der Waals surface area contributed by atoms with Crippen molar-refractivity contribution in [1.82, 2.24) is 9.21 Å². The minimum Gasteiger partial charge on any atom is -0.300 e. The van der Waals surface area contributed by atoms with Crippen LogP contribution in [0.25, 0.3) is 0 Å². The highest BCUT2D eigenvalue weighted by molar-refractivity contribution is 7.89. The fraction of sp³-hybridized carbons (Fsp3) is 0.571. The quantitative estimate of drug-likeness (QED) is 0.852. The van der Waals surface area contributed by atoms with Gasteiger partial charge in [0.05, 0.1) is 0 Å². The van der Waals surface area contributed by atoms with E-state index in [-0.39, 0.29) is 17.0 Å². The van der Waals surface area contributed by atoms with Gasteiger partial charge in [0.25, 0.3) is 0 Å². The summed E-state index contributed by atoms with van der Waals surface area (Å²) in [4.78, 5) is 2.08. The topological polar surface area (TPSA) is 40.6 Å². The predicted molar refractivity (Wildman–Crippen MR) is 74.3 cm³/mol. The van der Waals surface area contributed by atoms with Crippen molar-refractivity contribution < 1.29 is 12.8 Å². The molecular formula is C14H19FN2O2S. The summed E-state index contributed by atoms with van der Waals surface area (Å²) < 4.78 is 40.9. The Bertz CT molecular complexity index is 591. The number of rotatable bonds is 3. The number of nitrogens with zero attached hydrogens (tertiary/aromatic N) is 2. The first kappa shape index (κ1) is 14.0. The monoisotopic (exact) mass is 298 g/mol. The van der Waals surface area contributed by atoms with E-state index in [0.29, 0.717) is 0 Å². The molecule has 2 bridgehead atoms. The summed E-state index contributed by atoms with van der Waals surface area (Å²) in [5.74, 6) is -0.662. The lowest BCUT2D eigenvalue weighted by Crippen LogP contribution is -2.55. The Morgan fingerprint density at radius 2 is 1.80 bits per heavy atom. The Labute approximate surface area is 119 Å². The molecule has 20 heavy (non-hydrogen) atoms. The molecule has 2 saturated heterocycles. The van der Waals surface area contributed by atoms with Crippen LogP contribution in [0.2, 0.25) is 0 Å². The molecule has 2 aliphatic heterocycles. The second-order valence-corrected chi connectivity index (χ2v) is 7.31. The first-order chi connectivity index (χ1) is 9.54. The Morgan fingerprint density at radius 3 is 2.35 bits per heavy atom. The zero-order valence-corrected chi connectivity index (χ0v) is 12.3. The number of likely N-dealkylation sites (N-methyl/N-ethyl adjacent to an activating group) is 1. The molecule has 110 valence electrons. The lowest BCUT2D eigenvalue weighted by atomic mass is 10.2. The third-order valence-electron chi connectivity index (χ3n) is 4.33. The van der Waals surface area contributed by atoms with Crippen LogP contribution in [0, 0.1) is 5.82 Å². The van der Waals surface area contributed by atoms with Crippen molar-refractivity contribution in [1.29, 1.82) is 0 Å². The number of halogens is 1. The molecular weight excluding hydrogens is 279 g/mol. The van der Waals surface area contributed by atoms with E-state index in [4.69, 9.17) is 0 Å². The van der Waals surface area contributed by atoms with Crippen molar-refractivity contribution in [3.05, 3.63) is 30.1 Å². The van der Waals surface area contributed by atoms with Crippen LogP contribution < -0.4 is 0 Å². The highest BCUT2D eigenvalue weighted by Crippen LogP contribution is 2.35. The first-order valence-electron chi connectivity index (χ1n) is 7.04. The molecule has 3 rings (SSSR count). The fourth-order valence-electron chi connectivity index (χ4n) is 3.37. The zero-order valence-electron chi connectivity index (χ0n) is 11.5. The van der Waals surface area contributed by atoms with E-state index in [1.54, 1.807) is 10.4 Å². The zero-order chi connectivity index (χ0) is 14.3. The summed E-state index contributed by atoms with van der Waals surface area (Å²) in [7, 11) is -3.73. The van der Waals surface area contributed by atoms with Crippen molar-refractivity contribution in [2.75, 3.05) is 19.6 Å². The van der Waals surface area contributed by atoms with Crippen LogP contribution in [-0.2, 0) is 10.0 Å². The molecule has 6 heteroatoms. The van der Waals surface area contributed by atoms with E-state index in [1.807, 2.05) is 0 Å². The summed E-state index contributed by atoms with van der Waals surface area (Å²) in [6.45, 7) is 4.52. The van der Waals surface area contributed by atoms with Gasteiger partial charge in [-0.2, -0.15) is 4.31 Å². The Balaban J connectivity index is 1.96. The largest absolute Gasteiger partial charge is 0.300 e. The van der Waals surface area contributed by atoms with Gasteiger partial charge in [0.2, 0.25) is 10.0 Å². The van der Waals surface area contributed by atoms with Crippen molar-refractivity contribution in [3.8, 4) is 0 Å². The number of benzene rings is 1. The molecule has 2 aliphatic rings. The average molecular weight is 298 g/mol. The summed E-state index contributed by atoms with van der Waals surface area (Å²) in [6, 6.07) is 5.61. The molecule has 4 nitrogen and oxygen atoms in total. The van der Waals surface area contributed by atoms with Gasteiger partial charge in [-0.15, -0.1) is 0 Å². The molecule has 0 amide bonds. The molecule has 1 aromatic rings. The van der Waals surface area contributed by atoms with Gasteiger partial charge in [-0.3, -0.25) is 0 Å². The van der Waals surface area contributed by atoms with Gasteiger partial charge in [-0.05, 0) is 31.5 Å². The Morgan fingerprint density at radius 1 is 1.20 bits per heavy atom. The predicted octanol–water partition coefficient (Wildman–Crippen LogP) is 1.68. The Hall–Kier alpha value is -0.980. The van der Waals surface area contributed by atoms with Crippen molar-refractivity contribution in [3.63, 3.8) is 0 Å². The van der Waals surface area contributed by atoms with E-state index < -0.39 is 15.8 Å². The minimum atomic E-state index is -3.73. The van der Waals surface area contributed by atoms with E-state index in [9.17, 15) is 12.8 Å². The first-order valence-corrected chi connectivity index (χ1v) is 8.48. The highest BCUT2D eigenvalue weighted by Gasteiger charge is 2.46. The van der Waals surface area contributed by atoms with Gasteiger partial charge in [0.15, 0.2) is 0 Å². The van der Waals surface area contributed by atoms with Crippen molar-refractivity contribution >= 4 is 10.0 Å². The minimum absolute atomic E-state index is 0.0155. The number of hydrogen-bond acceptors (Lipinski definition) is 3. The number of hydrogen-bond donors (Lipinski definition) is 0. The number of fused-ring (bicyclic) bond motifs is 2. The molecule has 0 saturated carbocycles. The standard InChI is InChI=1S/C14H19FN2O2S/c1-2-16-9-11-7-8-12(10-16)17(11)20(18,19)14-6-4-3-5-13(14)15/h3-6,11-12H,2,7-10H2,1H3. The maximum atomic E-state index is 13.8. The van der Waals surface area contributed by atoms with Gasteiger partial charge in [0, 0.05) is 25.2 Å². The number of piperazine rings is 1. The summed E-state index contributed by atoms with van der Waals surface area (Å²) >= 11 is 0. The fourth-order valence-corrected chi connectivity index (χ4v) is 5.29. The molecule has 2 fully saturated rings. The van der Waals surface area contributed by atoms with Gasteiger partial charge in [-0.1, -0.05) is 19.1 Å². The molecule has 1 aromatic carbocycles. The SMILES string of the molecule is CCN1CC2CCC(C1)N2S(=O)(=O)c1ccccc1F. The van der Waals surface area contributed by atoms with Gasteiger partial charge in [-0.25, -0.2) is 12.8 Å². The Kier molecular flexibility index (Phi) is 3.56. The maximum absolute atomic E-state index is 13.8. The molecule has 0 radical (unpaired) electrons. The molecule has 0 aromatic heterocycles. The molecule has 0 N–H and O–H groups in total. The second-order valence-electron chi connectivity index (χ2n) is 5.50. The van der Waals surface area contributed by atoms with Crippen LogP contribution in [-0.4, -0.2) is 49.3 Å². The van der Waals surface area contributed by atoms with E-state index in [1.165, 1.54) is 18.2 Å². The van der Waals surface area contributed by atoms with Crippen molar-refractivity contribution in [2.45, 2.75) is 36.7 Å². The van der Waals surface area contributed by atoms with Crippen LogP contribution in [0.5, 0.6) is 0 Å². The molecule has 2 unspecified atom stereocenters. The smallest absolute Gasteiger partial charge is 0.246 e. The lowest BCUT2D eigenvalue weighted by Gasteiger charge is -2.39. The van der Waals surface area contributed by atoms with Crippen LogP contribution >= 0.6 is 0 Å². The third-order valence-corrected chi connectivity index (χ3v) is 6.37. The van der Waals surface area contributed by atoms with Crippen LogP contribution in [0.15, 0.2) is 29.2 Å². The number of likely N-dealkylation sites (tertiary alicyclic amines) is 1. The van der Waals surface area contributed by atoms with E-state index in [0.717, 1.165) is 32.5 Å². The van der Waals surface area contributed by atoms with Gasteiger partial charge < -0.3 is 4.90 Å². The molecule has 2 atom stereocenters. The van der Waals surface area contributed by atoms with Crippen molar-refractivity contribution in [2.24, 2.45) is 0 Å². The van der Waals surface area contributed by atoms with Crippen LogP contribution in [0.4, 0.5) is 4.39 Å². The molecule has 2 heterocycles. The van der Waals surface area contributed by atoms with Gasteiger partial charge >= 0.3 is 0 Å². The third kappa shape index (κ3) is 2.16. The normalized spacial score (nSPS) is 27.9. The second kappa shape index (κ2) is 5.09. The summed E-state index contributed by atoms with van der Waals surface area (Å²) in [6.07, 6.45) is 1.74. The lowest BCUT2D eigenvalue weighted by molar-refractivity contribution is 0.134. The van der Waals surface area contributed by atoms with E-state index >= 15 is 0 Å². The van der Waals surface area contributed by atoms with Crippen LogP contribution in [0.1, 0.15) is 19.8 Å². The highest BCUT2D eigenvalue weighted by atomic mass is 32.2. The summed E-state index contributed by atoms with van der Waals surface area (Å²) in [5, 5.41) is 0. The maximum Gasteiger partial charge on any atom is 0.246 e. The van der Waals surface area contributed by atoms with Gasteiger partial charge in [0.1, 0.15) is 10.7 Å². The van der Waals surface area contributed by atoms with E-state index in [2.05, 4.69) is 11.8 Å².